The smallest absolute Gasteiger partial charge is 0.0505 e. The van der Waals surface area contributed by atoms with E-state index in [2.05, 4.69) is 46.0 Å². The molecule has 0 amide bonds. The lowest BCUT2D eigenvalue weighted by molar-refractivity contribution is 0.713. The first-order chi connectivity index (χ1) is 7.70. The molecule has 1 aliphatic heterocycles. The number of nitrogens with two attached hydrogens (primary N) is 1. The lowest BCUT2D eigenvalue weighted by atomic mass is 10.2. The zero-order valence-corrected chi connectivity index (χ0v) is 11.9. The Morgan fingerprint density at radius 3 is 3.12 bits per heavy atom. The number of hydrogen-bond donors (Lipinski definition) is 1. The third-order valence-electron chi connectivity index (χ3n) is 2.70. The summed E-state index contributed by atoms with van der Waals surface area (Å²) in [6.07, 6.45) is 1.06. The van der Waals surface area contributed by atoms with Gasteiger partial charge in [-0.2, -0.15) is 0 Å². The molecule has 1 heterocycles. The average Bonchev–Trinajstić information content (AvgIpc) is 2.25. The van der Waals surface area contributed by atoms with Crippen LogP contribution in [0.1, 0.15) is 13.3 Å². The van der Waals surface area contributed by atoms with Crippen LogP contribution >= 0.6 is 27.7 Å². The van der Waals surface area contributed by atoms with Crippen LogP contribution in [0.5, 0.6) is 0 Å². The number of fused-ring (bicyclic) bond motifs is 1. The minimum Gasteiger partial charge on any atom is -0.369 e. The first-order valence-corrected chi connectivity index (χ1v) is 7.29. The zero-order chi connectivity index (χ0) is 11.5. The SMILES string of the molecule is CC1CN(CCCN)c2ccc(Br)cc2S1. The van der Waals surface area contributed by atoms with Crippen LogP contribution in [0.15, 0.2) is 27.6 Å². The van der Waals surface area contributed by atoms with Crippen molar-refractivity contribution in [1.82, 2.24) is 0 Å². The maximum absolute atomic E-state index is 5.59. The van der Waals surface area contributed by atoms with E-state index in [9.17, 15) is 0 Å². The molecule has 0 radical (unpaired) electrons. The summed E-state index contributed by atoms with van der Waals surface area (Å²) in [6.45, 7) is 5.24. The van der Waals surface area contributed by atoms with Gasteiger partial charge in [0.05, 0.1) is 5.69 Å². The van der Waals surface area contributed by atoms with Gasteiger partial charge in [-0.15, -0.1) is 11.8 Å². The molecule has 0 bridgehead atoms. The van der Waals surface area contributed by atoms with Gasteiger partial charge in [-0.05, 0) is 31.2 Å². The Bertz CT molecular complexity index is 370. The molecule has 4 heteroatoms. The fraction of sp³-hybridized carbons (Fsp3) is 0.500. The molecule has 2 rings (SSSR count). The molecule has 1 atom stereocenters. The zero-order valence-electron chi connectivity index (χ0n) is 9.45. The molecule has 1 aromatic rings. The number of anilines is 1. The van der Waals surface area contributed by atoms with Crippen molar-refractivity contribution in [2.45, 2.75) is 23.5 Å². The van der Waals surface area contributed by atoms with E-state index in [-0.39, 0.29) is 0 Å². The quantitative estimate of drug-likeness (QED) is 0.930. The first kappa shape index (κ1) is 12.3. The highest BCUT2D eigenvalue weighted by molar-refractivity contribution is 9.10. The van der Waals surface area contributed by atoms with Crippen LogP contribution in [-0.4, -0.2) is 24.9 Å². The minimum atomic E-state index is 0.652. The third kappa shape index (κ3) is 2.73. The van der Waals surface area contributed by atoms with Crippen molar-refractivity contribution in [2.24, 2.45) is 5.73 Å². The van der Waals surface area contributed by atoms with Gasteiger partial charge in [-0.25, -0.2) is 0 Å². The predicted molar refractivity (Wildman–Crippen MR) is 75.3 cm³/mol. The van der Waals surface area contributed by atoms with E-state index in [4.69, 9.17) is 5.73 Å². The molecule has 88 valence electrons. The Kier molecular flexibility index (Phi) is 4.16. The number of rotatable bonds is 3. The lowest BCUT2D eigenvalue weighted by Crippen LogP contribution is -2.34. The molecule has 1 aliphatic rings. The highest BCUT2D eigenvalue weighted by Crippen LogP contribution is 2.39. The van der Waals surface area contributed by atoms with Gasteiger partial charge in [-0.3, -0.25) is 0 Å². The summed E-state index contributed by atoms with van der Waals surface area (Å²) >= 11 is 5.49. The Morgan fingerprint density at radius 1 is 1.56 bits per heavy atom. The Balaban J connectivity index is 2.23. The highest BCUT2D eigenvalue weighted by Gasteiger charge is 2.21. The number of hydrogen-bond acceptors (Lipinski definition) is 3. The maximum Gasteiger partial charge on any atom is 0.0505 e. The number of nitrogens with zero attached hydrogens (tertiary/aromatic N) is 1. The summed E-state index contributed by atoms with van der Waals surface area (Å²) < 4.78 is 1.16. The van der Waals surface area contributed by atoms with Crippen LogP contribution in [0.25, 0.3) is 0 Å². The van der Waals surface area contributed by atoms with Gasteiger partial charge in [0, 0.05) is 27.7 Å². The Morgan fingerprint density at radius 2 is 2.38 bits per heavy atom. The maximum atomic E-state index is 5.59. The first-order valence-electron chi connectivity index (χ1n) is 5.62. The van der Waals surface area contributed by atoms with E-state index in [1.165, 1.54) is 10.6 Å². The molecule has 0 saturated carbocycles. The van der Waals surface area contributed by atoms with Crippen LogP contribution in [0.2, 0.25) is 0 Å². The molecule has 2 N–H and O–H groups in total. The molecule has 0 aliphatic carbocycles. The molecular weight excluding hydrogens is 284 g/mol. The minimum absolute atomic E-state index is 0.652. The number of halogens is 1. The van der Waals surface area contributed by atoms with Crippen LogP contribution in [0.3, 0.4) is 0 Å². The molecule has 0 fully saturated rings. The van der Waals surface area contributed by atoms with E-state index in [1.54, 1.807) is 0 Å². The van der Waals surface area contributed by atoms with E-state index >= 15 is 0 Å². The number of thioether (sulfide) groups is 1. The predicted octanol–water partition coefficient (Wildman–Crippen LogP) is 3.10. The lowest BCUT2D eigenvalue weighted by Gasteiger charge is -2.34. The van der Waals surface area contributed by atoms with Crippen LogP contribution in [-0.2, 0) is 0 Å². The van der Waals surface area contributed by atoms with Crippen molar-refractivity contribution < 1.29 is 0 Å². The molecule has 1 aromatic carbocycles. The van der Waals surface area contributed by atoms with Gasteiger partial charge < -0.3 is 10.6 Å². The van der Waals surface area contributed by atoms with Crippen LogP contribution < -0.4 is 10.6 Å². The summed E-state index contributed by atoms with van der Waals surface area (Å²) in [5.74, 6) is 0. The van der Waals surface area contributed by atoms with Crippen LogP contribution in [0.4, 0.5) is 5.69 Å². The molecular formula is C12H17BrN2S. The fourth-order valence-electron chi connectivity index (χ4n) is 2.00. The van der Waals surface area contributed by atoms with Crippen molar-refractivity contribution >= 4 is 33.4 Å². The summed E-state index contributed by atoms with van der Waals surface area (Å²) in [6, 6.07) is 6.53. The van der Waals surface area contributed by atoms with Gasteiger partial charge in [0.15, 0.2) is 0 Å². The van der Waals surface area contributed by atoms with Crippen molar-refractivity contribution in [2.75, 3.05) is 24.5 Å². The topological polar surface area (TPSA) is 29.3 Å². The van der Waals surface area contributed by atoms with Gasteiger partial charge in [0.25, 0.3) is 0 Å². The van der Waals surface area contributed by atoms with E-state index in [0.29, 0.717) is 5.25 Å². The van der Waals surface area contributed by atoms with E-state index < -0.39 is 0 Å². The Labute approximate surface area is 110 Å². The van der Waals surface area contributed by atoms with E-state index in [1.807, 2.05) is 11.8 Å². The molecule has 2 nitrogen and oxygen atoms in total. The fourth-order valence-corrected chi connectivity index (χ4v) is 3.71. The van der Waals surface area contributed by atoms with E-state index in [0.717, 1.165) is 30.5 Å². The van der Waals surface area contributed by atoms with Crippen molar-refractivity contribution in [1.29, 1.82) is 0 Å². The monoisotopic (exact) mass is 300 g/mol. The van der Waals surface area contributed by atoms with Crippen molar-refractivity contribution in [3.63, 3.8) is 0 Å². The van der Waals surface area contributed by atoms with Gasteiger partial charge in [0.1, 0.15) is 0 Å². The largest absolute Gasteiger partial charge is 0.369 e. The highest BCUT2D eigenvalue weighted by atomic mass is 79.9. The van der Waals surface area contributed by atoms with Gasteiger partial charge in [-0.1, -0.05) is 22.9 Å². The van der Waals surface area contributed by atoms with Crippen LogP contribution in [0, 0.1) is 0 Å². The molecule has 16 heavy (non-hydrogen) atoms. The number of benzene rings is 1. The summed E-state index contributed by atoms with van der Waals surface area (Å²) in [5.41, 5.74) is 6.95. The molecule has 0 spiro atoms. The second-order valence-electron chi connectivity index (χ2n) is 4.13. The molecule has 0 saturated heterocycles. The molecule has 0 aromatic heterocycles. The second kappa shape index (κ2) is 5.43. The standard InChI is InChI=1S/C12H17BrN2S/c1-9-8-15(6-2-5-14)11-4-3-10(13)7-12(11)16-9/h3-4,7,9H,2,5-6,8,14H2,1H3. The van der Waals surface area contributed by atoms with Gasteiger partial charge >= 0.3 is 0 Å². The summed E-state index contributed by atoms with van der Waals surface area (Å²) in [7, 11) is 0. The normalized spacial score (nSPS) is 19.7. The summed E-state index contributed by atoms with van der Waals surface area (Å²) in [4.78, 5) is 3.83. The average molecular weight is 301 g/mol. The molecule has 1 unspecified atom stereocenters. The van der Waals surface area contributed by atoms with Crippen molar-refractivity contribution in [3.05, 3.63) is 22.7 Å². The summed E-state index contributed by atoms with van der Waals surface area (Å²) in [5, 5.41) is 0.652. The third-order valence-corrected chi connectivity index (χ3v) is 4.33. The van der Waals surface area contributed by atoms with Gasteiger partial charge in [0.2, 0.25) is 0 Å². The Hall–Kier alpha value is -0.190. The second-order valence-corrected chi connectivity index (χ2v) is 6.52. The van der Waals surface area contributed by atoms with Crippen molar-refractivity contribution in [3.8, 4) is 0 Å².